The Labute approximate surface area is 161 Å². The first-order valence-corrected chi connectivity index (χ1v) is 8.97. The van der Waals surface area contributed by atoms with Crippen molar-refractivity contribution in [3.8, 4) is 11.6 Å². The van der Waals surface area contributed by atoms with E-state index in [0.29, 0.717) is 35.3 Å². The van der Waals surface area contributed by atoms with Gasteiger partial charge in [-0.3, -0.25) is 4.79 Å². The van der Waals surface area contributed by atoms with Crippen LogP contribution in [0.1, 0.15) is 43.5 Å². The normalized spacial score (nSPS) is 10.9. The van der Waals surface area contributed by atoms with E-state index in [1.165, 1.54) is 12.1 Å². The van der Waals surface area contributed by atoms with Crippen LogP contribution in [0.3, 0.4) is 0 Å². The zero-order valence-electron chi connectivity index (χ0n) is 15.7. The van der Waals surface area contributed by atoms with Crippen molar-refractivity contribution in [1.82, 2.24) is 20.4 Å². The van der Waals surface area contributed by atoms with Gasteiger partial charge in [0.2, 0.25) is 17.7 Å². The van der Waals surface area contributed by atoms with Crippen molar-refractivity contribution in [3.05, 3.63) is 65.7 Å². The zero-order valence-corrected chi connectivity index (χ0v) is 15.7. The molecule has 0 spiro atoms. The first kappa shape index (κ1) is 19.5. The molecule has 2 heterocycles. The summed E-state index contributed by atoms with van der Waals surface area (Å²) >= 11 is 0. The highest BCUT2D eigenvalue weighted by molar-refractivity contribution is 5.76. The second-order valence-electron chi connectivity index (χ2n) is 6.50. The molecule has 3 rings (SSSR count). The van der Waals surface area contributed by atoms with Crippen LogP contribution < -0.4 is 10.1 Å². The molecule has 1 aromatic carbocycles. The number of aromatic nitrogens is 3. The molecule has 0 saturated heterocycles. The fourth-order valence-corrected chi connectivity index (χ4v) is 2.40. The lowest BCUT2D eigenvalue weighted by Gasteiger charge is -2.10. The summed E-state index contributed by atoms with van der Waals surface area (Å²) in [6.45, 7) is 4.18. The molecule has 0 unspecified atom stereocenters. The van der Waals surface area contributed by atoms with Gasteiger partial charge < -0.3 is 14.6 Å². The van der Waals surface area contributed by atoms with Gasteiger partial charge in [-0.15, -0.1) is 0 Å². The van der Waals surface area contributed by atoms with Crippen molar-refractivity contribution in [2.45, 2.75) is 39.2 Å². The maximum atomic E-state index is 13.3. The Balaban J connectivity index is 1.54. The number of hydrogen-bond acceptors (Lipinski definition) is 6. The van der Waals surface area contributed by atoms with E-state index >= 15 is 0 Å². The topological polar surface area (TPSA) is 90.1 Å². The first-order valence-electron chi connectivity index (χ1n) is 8.97. The van der Waals surface area contributed by atoms with Crippen LogP contribution in [0.2, 0.25) is 0 Å². The molecule has 8 heteroatoms. The van der Waals surface area contributed by atoms with Gasteiger partial charge in [0.1, 0.15) is 11.6 Å². The number of benzene rings is 1. The van der Waals surface area contributed by atoms with Crippen molar-refractivity contribution in [2.24, 2.45) is 0 Å². The zero-order chi connectivity index (χ0) is 19.9. The lowest BCUT2D eigenvalue weighted by molar-refractivity contribution is -0.121. The molecule has 146 valence electrons. The fraction of sp³-hybridized carbons (Fsp3) is 0.300. The van der Waals surface area contributed by atoms with E-state index < -0.39 is 5.82 Å². The number of pyridine rings is 1. The van der Waals surface area contributed by atoms with Crippen LogP contribution in [0.4, 0.5) is 4.39 Å². The number of hydrogen-bond donors (Lipinski definition) is 1. The van der Waals surface area contributed by atoms with Gasteiger partial charge >= 0.3 is 0 Å². The molecule has 0 aliphatic rings. The number of nitrogens with zero attached hydrogens (tertiary/aromatic N) is 3. The van der Waals surface area contributed by atoms with Crippen LogP contribution in [0.5, 0.6) is 11.6 Å². The highest BCUT2D eigenvalue weighted by atomic mass is 19.1. The predicted molar refractivity (Wildman–Crippen MR) is 99.3 cm³/mol. The van der Waals surface area contributed by atoms with Crippen LogP contribution in [0.25, 0.3) is 0 Å². The van der Waals surface area contributed by atoms with E-state index in [-0.39, 0.29) is 24.8 Å². The third-order valence-electron chi connectivity index (χ3n) is 3.90. The standard InChI is InChI=1S/C20H21FN4O3/c1-13(2)19-24-18(28-25-19)9-8-17(26)23-12-14-5-4-10-22-20(14)27-16-7-3-6-15(21)11-16/h3-7,10-11,13H,8-9,12H2,1-2H3,(H,23,26). The van der Waals surface area contributed by atoms with E-state index in [2.05, 4.69) is 20.4 Å². The summed E-state index contributed by atoms with van der Waals surface area (Å²) in [4.78, 5) is 20.5. The maximum Gasteiger partial charge on any atom is 0.227 e. The van der Waals surface area contributed by atoms with E-state index in [4.69, 9.17) is 9.26 Å². The summed E-state index contributed by atoms with van der Waals surface area (Å²) in [7, 11) is 0. The summed E-state index contributed by atoms with van der Waals surface area (Å²) in [5.74, 6) is 1.33. The third-order valence-corrected chi connectivity index (χ3v) is 3.90. The third kappa shape index (κ3) is 5.35. The van der Waals surface area contributed by atoms with E-state index in [0.717, 1.165) is 0 Å². The minimum Gasteiger partial charge on any atom is -0.439 e. The second-order valence-corrected chi connectivity index (χ2v) is 6.50. The smallest absolute Gasteiger partial charge is 0.227 e. The minimum atomic E-state index is -0.398. The fourth-order valence-electron chi connectivity index (χ4n) is 2.40. The van der Waals surface area contributed by atoms with Crippen molar-refractivity contribution >= 4 is 5.91 Å². The molecule has 3 aromatic rings. The summed E-state index contributed by atoms with van der Waals surface area (Å²) < 4.78 is 24.1. The van der Waals surface area contributed by atoms with Crippen LogP contribution in [-0.4, -0.2) is 21.0 Å². The summed E-state index contributed by atoms with van der Waals surface area (Å²) in [5.41, 5.74) is 0.681. The molecule has 1 N–H and O–H groups in total. The molecule has 0 atom stereocenters. The Kier molecular flexibility index (Phi) is 6.31. The molecule has 0 radical (unpaired) electrons. The number of halogens is 1. The summed E-state index contributed by atoms with van der Waals surface area (Å²) in [6.07, 6.45) is 2.16. The van der Waals surface area contributed by atoms with Crippen LogP contribution >= 0.6 is 0 Å². The van der Waals surface area contributed by atoms with Gasteiger partial charge in [0.15, 0.2) is 5.82 Å². The molecular weight excluding hydrogens is 363 g/mol. The molecule has 0 fully saturated rings. The highest BCUT2D eigenvalue weighted by Gasteiger charge is 2.12. The quantitative estimate of drug-likeness (QED) is 0.636. The van der Waals surface area contributed by atoms with Crippen molar-refractivity contribution in [3.63, 3.8) is 0 Å². The van der Waals surface area contributed by atoms with Crippen molar-refractivity contribution < 1.29 is 18.4 Å². The molecule has 1 amide bonds. The predicted octanol–water partition coefficient (Wildman–Crippen LogP) is 3.77. The van der Waals surface area contributed by atoms with Gasteiger partial charge in [0, 0.05) is 43.1 Å². The Hall–Kier alpha value is -3.29. The molecule has 2 aromatic heterocycles. The monoisotopic (exact) mass is 384 g/mol. The van der Waals surface area contributed by atoms with E-state index in [1.54, 1.807) is 30.5 Å². The lowest BCUT2D eigenvalue weighted by atomic mass is 10.2. The Morgan fingerprint density at radius 3 is 2.89 bits per heavy atom. The number of ether oxygens (including phenoxy) is 1. The molecule has 7 nitrogen and oxygen atoms in total. The average molecular weight is 384 g/mol. The van der Waals surface area contributed by atoms with Gasteiger partial charge in [-0.05, 0) is 18.2 Å². The van der Waals surface area contributed by atoms with Crippen molar-refractivity contribution in [2.75, 3.05) is 0 Å². The van der Waals surface area contributed by atoms with E-state index in [1.807, 2.05) is 13.8 Å². The Morgan fingerprint density at radius 2 is 2.14 bits per heavy atom. The molecule has 0 aliphatic heterocycles. The van der Waals surface area contributed by atoms with Gasteiger partial charge in [0.25, 0.3) is 0 Å². The molecular formula is C20H21FN4O3. The van der Waals surface area contributed by atoms with Crippen LogP contribution in [0.15, 0.2) is 47.1 Å². The Morgan fingerprint density at radius 1 is 1.29 bits per heavy atom. The molecule has 0 saturated carbocycles. The average Bonchev–Trinajstić information content (AvgIpc) is 3.15. The number of nitrogens with one attached hydrogen (secondary N) is 1. The highest BCUT2D eigenvalue weighted by Crippen LogP contribution is 2.23. The number of aryl methyl sites for hydroxylation is 1. The maximum absolute atomic E-state index is 13.3. The van der Waals surface area contributed by atoms with Gasteiger partial charge in [-0.2, -0.15) is 4.98 Å². The largest absolute Gasteiger partial charge is 0.439 e. The number of rotatable bonds is 8. The number of carbonyl (C=O) groups is 1. The number of amides is 1. The minimum absolute atomic E-state index is 0.162. The van der Waals surface area contributed by atoms with Crippen LogP contribution in [0, 0.1) is 5.82 Å². The molecule has 0 bridgehead atoms. The molecule has 28 heavy (non-hydrogen) atoms. The van der Waals surface area contributed by atoms with Gasteiger partial charge in [-0.1, -0.05) is 31.1 Å². The second kappa shape index (κ2) is 9.07. The Bertz CT molecular complexity index is 942. The van der Waals surface area contributed by atoms with Crippen molar-refractivity contribution in [1.29, 1.82) is 0 Å². The van der Waals surface area contributed by atoms with E-state index in [9.17, 15) is 9.18 Å². The first-order chi connectivity index (χ1) is 13.5. The molecule has 0 aliphatic carbocycles. The SMILES string of the molecule is CC(C)c1noc(CCC(=O)NCc2cccnc2Oc2cccc(F)c2)n1. The summed E-state index contributed by atoms with van der Waals surface area (Å²) in [6, 6.07) is 9.32. The summed E-state index contributed by atoms with van der Waals surface area (Å²) in [5, 5.41) is 6.69. The van der Waals surface area contributed by atoms with Crippen LogP contribution in [-0.2, 0) is 17.8 Å². The lowest BCUT2D eigenvalue weighted by Crippen LogP contribution is -2.23. The number of carbonyl (C=O) groups excluding carboxylic acids is 1. The van der Waals surface area contributed by atoms with Gasteiger partial charge in [0.05, 0.1) is 0 Å². The van der Waals surface area contributed by atoms with Gasteiger partial charge in [-0.25, -0.2) is 9.37 Å².